The van der Waals surface area contributed by atoms with Gasteiger partial charge in [0.15, 0.2) is 0 Å². The van der Waals surface area contributed by atoms with E-state index in [2.05, 4.69) is 4.98 Å². The first-order valence-electron chi connectivity index (χ1n) is 6.01. The summed E-state index contributed by atoms with van der Waals surface area (Å²) < 4.78 is 14.8. The quantitative estimate of drug-likeness (QED) is 0.626. The van der Waals surface area contributed by atoms with Crippen LogP contribution < -0.4 is 0 Å². The van der Waals surface area contributed by atoms with Crippen molar-refractivity contribution in [1.82, 2.24) is 9.38 Å². The van der Waals surface area contributed by atoms with Gasteiger partial charge in [-0.1, -0.05) is 13.8 Å². The van der Waals surface area contributed by atoms with E-state index in [4.69, 9.17) is 0 Å². The fraction of sp³-hybridized carbons (Fsp3) is 0.133. The van der Waals surface area contributed by atoms with Crippen LogP contribution in [0.15, 0.2) is 55.0 Å². The van der Waals surface area contributed by atoms with Crippen molar-refractivity contribution in [3.63, 3.8) is 0 Å². The summed E-state index contributed by atoms with van der Waals surface area (Å²) in [5.74, 6) is -0.231. The summed E-state index contributed by atoms with van der Waals surface area (Å²) in [7, 11) is 0. The second-order valence-electron chi connectivity index (χ2n) is 3.62. The Morgan fingerprint density at radius 3 is 2.50 bits per heavy atom. The Balaban J connectivity index is 0.000000574. The van der Waals surface area contributed by atoms with E-state index in [9.17, 15) is 4.39 Å². The van der Waals surface area contributed by atoms with Crippen molar-refractivity contribution in [1.29, 1.82) is 0 Å². The van der Waals surface area contributed by atoms with Crippen LogP contribution in [0.5, 0.6) is 0 Å². The van der Waals surface area contributed by atoms with Crippen LogP contribution in [0.2, 0.25) is 0 Å². The van der Waals surface area contributed by atoms with Crippen molar-refractivity contribution < 1.29 is 4.39 Å². The highest BCUT2D eigenvalue weighted by Gasteiger charge is 2.00. The van der Waals surface area contributed by atoms with Gasteiger partial charge in [0.2, 0.25) is 0 Å². The summed E-state index contributed by atoms with van der Waals surface area (Å²) in [4.78, 5) is 4.34. The molecular formula is C15H15FN2. The molecule has 2 nitrogen and oxygen atoms in total. The molecule has 0 saturated heterocycles. The Morgan fingerprint density at radius 2 is 1.78 bits per heavy atom. The van der Waals surface area contributed by atoms with Crippen molar-refractivity contribution in [3.8, 4) is 11.3 Å². The predicted octanol–water partition coefficient (Wildman–Crippen LogP) is 4.17. The van der Waals surface area contributed by atoms with E-state index in [0.717, 1.165) is 16.8 Å². The van der Waals surface area contributed by atoms with Gasteiger partial charge in [-0.3, -0.25) is 4.98 Å². The Labute approximate surface area is 106 Å². The van der Waals surface area contributed by atoms with Crippen molar-refractivity contribution in [2.75, 3.05) is 0 Å². The summed E-state index contributed by atoms with van der Waals surface area (Å²) in [6, 6.07) is 10.3. The van der Waals surface area contributed by atoms with Gasteiger partial charge in [0, 0.05) is 18.0 Å². The lowest BCUT2D eigenvalue weighted by Crippen LogP contribution is -1.89. The van der Waals surface area contributed by atoms with Gasteiger partial charge in [0.25, 0.3) is 0 Å². The lowest BCUT2D eigenvalue weighted by molar-refractivity contribution is 0.628. The number of nitrogens with zero attached hydrogens (tertiary/aromatic N) is 2. The van der Waals surface area contributed by atoms with Crippen LogP contribution in [0.3, 0.4) is 0 Å². The SMILES string of the molecule is CC.Fc1ccc(-c2cn3cccc3cn2)cc1. The molecule has 0 bridgehead atoms. The molecule has 0 fully saturated rings. The lowest BCUT2D eigenvalue weighted by atomic mass is 10.1. The highest BCUT2D eigenvalue weighted by atomic mass is 19.1. The largest absolute Gasteiger partial charge is 0.320 e. The smallest absolute Gasteiger partial charge is 0.123 e. The third-order valence-electron chi connectivity index (χ3n) is 2.55. The van der Waals surface area contributed by atoms with E-state index in [1.165, 1.54) is 12.1 Å². The molecule has 0 aliphatic heterocycles. The number of hydrogen-bond acceptors (Lipinski definition) is 1. The van der Waals surface area contributed by atoms with Crippen LogP contribution in [0.1, 0.15) is 13.8 Å². The Morgan fingerprint density at radius 1 is 1.06 bits per heavy atom. The standard InChI is InChI=1S/C13H9FN2.C2H6/c14-11-5-3-10(4-6-11)13-9-16-7-1-2-12(16)8-15-13;1-2/h1-9H;1-2H3. The van der Waals surface area contributed by atoms with Crippen molar-refractivity contribution >= 4 is 5.52 Å². The third kappa shape index (κ3) is 2.40. The zero-order valence-electron chi connectivity index (χ0n) is 10.5. The number of aromatic nitrogens is 2. The Kier molecular flexibility index (Phi) is 3.72. The molecule has 3 aromatic rings. The molecule has 0 atom stereocenters. The molecule has 3 rings (SSSR count). The van der Waals surface area contributed by atoms with Gasteiger partial charge in [0.1, 0.15) is 5.82 Å². The molecule has 0 amide bonds. The molecule has 18 heavy (non-hydrogen) atoms. The van der Waals surface area contributed by atoms with Gasteiger partial charge in [-0.15, -0.1) is 0 Å². The first-order valence-corrected chi connectivity index (χ1v) is 6.01. The molecule has 0 radical (unpaired) electrons. The van der Waals surface area contributed by atoms with Crippen molar-refractivity contribution in [3.05, 3.63) is 60.8 Å². The van der Waals surface area contributed by atoms with Crippen LogP contribution in [-0.4, -0.2) is 9.38 Å². The molecule has 2 heterocycles. The van der Waals surface area contributed by atoms with E-state index in [1.54, 1.807) is 18.3 Å². The molecule has 2 aromatic heterocycles. The van der Waals surface area contributed by atoms with Gasteiger partial charge in [0.05, 0.1) is 17.4 Å². The molecule has 0 N–H and O–H groups in total. The molecule has 1 aromatic carbocycles. The lowest BCUT2D eigenvalue weighted by Gasteiger charge is -2.02. The monoisotopic (exact) mass is 242 g/mol. The van der Waals surface area contributed by atoms with Gasteiger partial charge >= 0.3 is 0 Å². The molecule has 0 saturated carbocycles. The summed E-state index contributed by atoms with van der Waals surface area (Å²) in [6.45, 7) is 4.00. The van der Waals surface area contributed by atoms with E-state index in [-0.39, 0.29) is 5.82 Å². The maximum absolute atomic E-state index is 12.8. The summed E-state index contributed by atoms with van der Waals surface area (Å²) in [6.07, 6.45) is 5.70. The normalized spacial score (nSPS) is 9.94. The van der Waals surface area contributed by atoms with E-state index in [0.29, 0.717) is 0 Å². The summed E-state index contributed by atoms with van der Waals surface area (Å²) in [5.41, 5.74) is 2.80. The minimum atomic E-state index is -0.231. The van der Waals surface area contributed by atoms with Gasteiger partial charge in [-0.25, -0.2) is 4.39 Å². The first-order chi connectivity index (χ1) is 8.83. The van der Waals surface area contributed by atoms with Crippen LogP contribution >= 0.6 is 0 Å². The third-order valence-corrected chi connectivity index (χ3v) is 2.55. The second-order valence-corrected chi connectivity index (χ2v) is 3.62. The molecule has 0 unspecified atom stereocenters. The predicted molar refractivity (Wildman–Crippen MR) is 71.9 cm³/mol. The first kappa shape index (κ1) is 12.3. The number of hydrogen-bond donors (Lipinski definition) is 0. The zero-order chi connectivity index (χ0) is 13.0. The van der Waals surface area contributed by atoms with E-state index >= 15 is 0 Å². The zero-order valence-corrected chi connectivity index (χ0v) is 10.5. The molecule has 3 heteroatoms. The highest BCUT2D eigenvalue weighted by molar-refractivity contribution is 5.60. The number of benzene rings is 1. The summed E-state index contributed by atoms with van der Waals surface area (Å²) in [5, 5.41) is 0. The molecule has 0 aliphatic carbocycles. The van der Waals surface area contributed by atoms with E-state index in [1.807, 2.05) is 42.8 Å². The van der Waals surface area contributed by atoms with Crippen LogP contribution in [0.25, 0.3) is 16.8 Å². The maximum Gasteiger partial charge on any atom is 0.123 e. The van der Waals surface area contributed by atoms with Crippen LogP contribution in [-0.2, 0) is 0 Å². The minimum absolute atomic E-state index is 0.231. The van der Waals surface area contributed by atoms with Gasteiger partial charge < -0.3 is 4.40 Å². The number of rotatable bonds is 1. The summed E-state index contributed by atoms with van der Waals surface area (Å²) >= 11 is 0. The average Bonchev–Trinajstić information content (AvgIpc) is 2.89. The number of fused-ring (bicyclic) bond motifs is 1. The van der Waals surface area contributed by atoms with Crippen LogP contribution in [0, 0.1) is 5.82 Å². The van der Waals surface area contributed by atoms with E-state index < -0.39 is 0 Å². The van der Waals surface area contributed by atoms with Crippen molar-refractivity contribution in [2.24, 2.45) is 0 Å². The molecule has 92 valence electrons. The highest BCUT2D eigenvalue weighted by Crippen LogP contribution is 2.17. The second kappa shape index (κ2) is 5.45. The van der Waals surface area contributed by atoms with Crippen LogP contribution in [0.4, 0.5) is 4.39 Å². The maximum atomic E-state index is 12.8. The molecule has 0 spiro atoms. The average molecular weight is 242 g/mol. The fourth-order valence-electron chi connectivity index (χ4n) is 1.70. The topological polar surface area (TPSA) is 17.3 Å². The number of halogens is 1. The van der Waals surface area contributed by atoms with Crippen molar-refractivity contribution in [2.45, 2.75) is 13.8 Å². The van der Waals surface area contributed by atoms with Gasteiger partial charge in [-0.2, -0.15) is 0 Å². The molecule has 0 aliphatic rings. The molecular weight excluding hydrogens is 227 g/mol. The minimum Gasteiger partial charge on any atom is -0.320 e. The Bertz CT molecular complexity index is 626. The fourth-order valence-corrected chi connectivity index (χ4v) is 1.70. The Hall–Kier alpha value is -2.16. The van der Waals surface area contributed by atoms with Gasteiger partial charge in [-0.05, 0) is 36.4 Å².